The van der Waals surface area contributed by atoms with Gasteiger partial charge in [-0.15, -0.1) is 0 Å². The van der Waals surface area contributed by atoms with E-state index in [0.717, 1.165) is 50.1 Å². The Balaban J connectivity index is 1.34. The number of aromatic nitrogens is 2. The van der Waals surface area contributed by atoms with Gasteiger partial charge < -0.3 is 9.26 Å². The molecular formula is C19H26N4O2. The molecule has 1 saturated carbocycles. The highest BCUT2D eigenvalue weighted by atomic mass is 16.5. The summed E-state index contributed by atoms with van der Waals surface area (Å²) in [5.74, 6) is 2.11. The lowest BCUT2D eigenvalue weighted by molar-refractivity contribution is 0.0868. The molecule has 6 nitrogen and oxygen atoms in total. The van der Waals surface area contributed by atoms with E-state index in [0.29, 0.717) is 11.7 Å². The van der Waals surface area contributed by atoms with Gasteiger partial charge in [0.1, 0.15) is 5.75 Å². The van der Waals surface area contributed by atoms with Crippen molar-refractivity contribution < 1.29 is 9.26 Å². The summed E-state index contributed by atoms with van der Waals surface area (Å²) in [5, 5.41) is 4.13. The number of benzene rings is 1. The molecule has 0 bridgehead atoms. The lowest BCUT2D eigenvalue weighted by atomic mass is 10.2. The molecule has 2 aliphatic rings. The Morgan fingerprint density at radius 1 is 1.16 bits per heavy atom. The second kappa shape index (κ2) is 7.54. The average Bonchev–Trinajstić information content (AvgIpc) is 3.34. The van der Waals surface area contributed by atoms with E-state index >= 15 is 0 Å². The van der Waals surface area contributed by atoms with Gasteiger partial charge in [0.15, 0.2) is 0 Å². The molecule has 0 amide bonds. The van der Waals surface area contributed by atoms with Crippen LogP contribution in [0.15, 0.2) is 28.8 Å². The summed E-state index contributed by atoms with van der Waals surface area (Å²) in [6.45, 7) is 5.19. The molecule has 0 unspecified atom stereocenters. The van der Waals surface area contributed by atoms with Gasteiger partial charge in [-0.3, -0.25) is 9.80 Å². The van der Waals surface area contributed by atoms with Crippen LogP contribution < -0.4 is 4.74 Å². The number of piperazine rings is 1. The first-order chi connectivity index (χ1) is 12.3. The molecule has 1 aliphatic heterocycles. The summed E-state index contributed by atoms with van der Waals surface area (Å²) in [6, 6.07) is 8.57. The van der Waals surface area contributed by atoms with Crippen molar-refractivity contribution in [2.45, 2.75) is 38.3 Å². The Bertz CT molecular complexity index is 688. The second-order valence-electron chi connectivity index (χ2n) is 6.99. The standard InChI is InChI=1S/C19H26N4O2/c1-24-17-8-4-5-15(13-17)19-20-18(25-21-19)14-22-9-11-23(12-10-22)16-6-2-3-7-16/h4-5,8,13,16H,2-3,6-7,9-12,14H2,1H3. The maximum atomic E-state index is 5.46. The summed E-state index contributed by atoms with van der Waals surface area (Å²) >= 11 is 0. The van der Waals surface area contributed by atoms with Crippen molar-refractivity contribution in [3.05, 3.63) is 30.2 Å². The van der Waals surface area contributed by atoms with Crippen molar-refractivity contribution in [3.8, 4) is 17.1 Å². The first-order valence-electron chi connectivity index (χ1n) is 9.25. The fraction of sp³-hybridized carbons (Fsp3) is 0.579. The van der Waals surface area contributed by atoms with Crippen LogP contribution in [0.5, 0.6) is 5.75 Å². The monoisotopic (exact) mass is 342 g/mol. The SMILES string of the molecule is COc1cccc(-c2noc(CN3CCN(C4CCCC4)CC3)n2)c1. The molecule has 1 aromatic carbocycles. The molecule has 4 rings (SSSR count). The van der Waals surface area contributed by atoms with E-state index in [-0.39, 0.29) is 0 Å². The normalized spacial score (nSPS) is 20.2. The van der Waals surface area contributed by atoms with E-state index in [2.05, 4.69) is 19.9 Å². The third-order valence-corrected chi connectivity index (χ3v) is 5.40. The van der Waals surface area contributed by atoms with E-state index < -0.39 is 0 Å². The maximum Gasteiger partial charge on any atom is 0.241 e. The minimum absolute atomic E-state index is 0.624. The van der Waals surface area contributed by atoms with Gasteiger partial charge in [0, 0.05) is 37.8 Å². The molecule has 0 spiro atoms. The molecule has 0 atom stereocenters. The van der Waals surface area contributed by atoms with Crippen molar-refractivity contribution in [1.29, 1.82) is 0 Å². The molecule has 1 saturated heterocycles. The van der Waals surface area contributed by atoms with Gasteiger partial charge in [-0.25, -0.2) is 0 Å². The highest BCUT2D eigenvalue weighted by Crippen LogP contribution is 2.25. The van der Waals surface area contributed by atoms with Crippen LogP contribution in [0.3, 0.4) is 0 Å². The fourth-order valence-electron chi connectivity index (χ4n) is 3.95. The zero-order chi connectivity index (χ0) is 17.1. The summed E-state index contributed by atoms with van der Waals surface area (Å²) < 4.78 is 10.7. The first-order valence-corrected chi connectivity index (χ1v) is 9.25. The Labute approximate surface area is 148 Å². The zero-order valence-corrected chi connectivity index (χ0v) is 14.9. The van der Waals surface area contributed by atoms with Crippen LogP contribution in [0.2, 0.25) is 0 Å². The van der Waals surface area contributed by atoms with E-state index in [9.17, 15) is 0 Å². The highest BCUT2D eigenvalue weighted by Gasteiger charge is 2.26. The van der Waals surface area contributed by atoms with Crippen LogP contribution in [0.25, 0.3) is 11.4 Å². The minimum Gasteiger partial charge on any atom is -0.497 e. The number of hydrogen-bond donors (Lipinski definition) is 0. The molecule has 25 heavy (non-hydrogen) atoms. The van der Waals surface area contributed by atoms with E-state index in [1.807, 2.05) is 24.3 Å². The second-order valence-corrected chi connectivity index (χ2v) is 6.99. The van der Waals surface area contributed by atoms with Crippen molar-refractivity contribution in [1.82, 2.24) is 19.9 Å². The molecule has 1 aliphatic carbocycles. The van der Waals surface area contributed by atoms with Gasteiger partial charge in [-0.1, -0.05) is 30.1 Å². The Morgan fingerprint density at radius 3 is 2.72 bits per heavy atom. The fourth-order valence-corrected chi connectivity index (χ4v) is 3.95. The van der Waals surface area contributed by atoms with Crippen molar-refractivity contribution >= 4 is 0 Å². The van der Waals surface area contributed by atoms with Crippen LogP contribution in [-0.4, -0.2) is 59.3 Å². The number of nitrogens with zero attached hydrogens (tertiary/aromatic N) is 4. The Morgan fingerprint density at radius 2 is 1.96 bits per heavy atom. The molecule has 1 aromatic heterocycles. The third-order valence-electron chi connectivity index (χ3n) is 5.40. The van der Waals surface area contributed by atoms with Gasteiger partial charge >= 0.3 is 0 Å². The molecule has 134 valence electrons. The lowest BCUT2D eigenvalue weighted by Crippen LogP contribution is -2.49. The van der Waals surface area contributed by atoms with Crippen LogP contribution in [0, 0.1) is 0 Å². The Hall–Kier alpha value is -1.92. The first kappa shape index (κ1) is 16.5. The highest BCUT2D eigenvalue weighted by molar-refractivity contribution is 5.56. The molecule has 2 heterocycles. The van der Waals surface area contributed by atoms with Crippen LogP contribution >= 0.6 is 0 Å². The molecular weight excluding hydrogens is 316 g/mol. The minimum atomic E-state index is 0.624. The van der Waals surface area contributed by atoms with Gasteiger partial charge in [0.05, 0.1) is 13.7 Å². The molecule has 0 radical (unpaired) electrons. The van der Waals surface area contributed by atoms with E-state index in [1.165, 1.54) is 25.7 Å². The Kier molecular flexibility index (Phi) is 4.99. The van der Waals surface area contributed by atoms with Crippen molar-refractivity contribution in [2.75, 3.05) is 33.3 Å². The van der Waals surface area contributed by atoms with Crippen molar-refractivity contribution in [2.24, 2.45) is 0 Å². The predicted molar refractivity (Wildman–Crippen MR) is 95.4 cm³/mol. The summed E-state index contributed by atoms with van der Waals surface area (Å²) in [6.07, 6.45) is 5.57. The largest absolute Gasteiger partial charge is 0.497 e. The summed E-state index contributed by atoms with van der Waals surface area (Å²) in [7, 11) is 1.66. The zero-order valence-electron chi connectivity index (χ0n) is 14.9. The predicted octanol–water partition coefficient (Wildman–Crippen LogP) is 2.81. The van der Waals surface area contributed by atoms with Crippen LogP contribution in [-0.2, 0) is 6.54 Å². The third kappa shape index (κ3) is 3.85. The molecule has 2 aromatic rings. The van der Waals surface area contributed by atoms with Crippen LogP contribution in [0.4, 0.5) is 0 Å². The topological polar surface area (TPSA) is 54.6 Å². The number of hydrogen-bond acceptors (Lipinski definition) is 6. The van der Waals surface area contributed by atoms with Gasteiger partial charge in [-0.2, -0.15) is 4.98 Å². The summed E-state index contributed by atoms with van der Waals surface area (Å²) in [4.78, 5) is 9.63. The van der Waals surface area contributed by atoms with Gasteiger partial charge in [-0.05, 0) is 25.0 Å². The molecule has 2 fully saturated rings. The number of methoxy groups -OCH3 is 1. The average molecular weight is 342 g/mol. The number of ether oxygens (including phenoxy) is 1. The van der Waals surface area contributed by atoms with Crippen LogP contribution in [0.1, 0.15) is 31.6 Å². The van der Waals surface area contributed by atoms with Gasteiger partial charge in [0.25, 0.3) is 0 Å². The smallest absolute Gasteiger partial charge is 0.241 e. The molecule has 0 N–H and O–H groups in total. The quantitative estimate of drug-likeness (QED) is 0.833. The number of rotatable bonds is 5. The van der Waals surface area contributed by atoms with Gasteiger partial charge in [0.2, 0.25) is 11.7 Å². The van der Waals surface area contributed by atoms with E-state index in [1.54, 1.807) is 7.11 Å². The van der Waals surface area contributed by atoms with E-state index in [4.69, 9.17) is 9.26 Å². The van der Waals surface area contributed by atoms with Crippen molar-refractivity contribution in [3.63, 3.8) is 0 Å². The summed E-state index contributed by atoms with van der Waals surface area (Å²) in [5.41, 5.74) is 0.917. The maximum absolute atomic E-state index is 5.46. The molecule has 6 heteroatoms. The lowest BCUT2D eigenvalue weighted by Gasteiger charge is -2.37.